The molecule has 0 amide bonds. The third-order valence-electron chi connectivity index (χ3n) is 2.90. The summed E-state index contributed by atoms with van der Waals surface area (Å²) in [4.78, 5) is 11.1. The molecular weight excluding hydrogens is 204 g/mol. The van der Waals surface area contributed by atoms with Crippen molar-refractivity contribution in [2.75, 3.05) is 0 Å². The molecule has 1 fully saturated rings. The molecule has 1 saturated carbocycles. The number of nitrogens with zero attached hydrogens (tertiary/aromatic N) is 2. The maximum absolute atomic E-state index is 11.1. The number of aromatic nitrogens is 2. The molecule has 4 heteroatoms. The Morgan fingerprint density at radius 3 is 2.62 bits per heavy atom. The van der Waals surface area contributed by atoms with Crippen LogP contribution in [0.1, 0.15) is 49.8 Å². The Morgan fingerprint density at radius 1 is 1.56 bits per heavy atom. The quantitative estimate of drug-likeness (QED) is 0.853. The third kappa shape index (κ3) is 2.26. The number of carboxylic acids is 1. The Kier molecular flexibility index (Phi) is 2.52. The molecule has 1 aromatic heterocycles. The predicted octanol–water partition coefficient (Wildman–Crippen LogP) is 2.29. The van der Waals surface area contributed by atoms with E-state index in [1.807, 2.05) is 20.8 Å². The molecule has 2 rings (SSSR count). The van der Waals surface area contributed by atoms with E-state index in [4.69, 9.17) is 5.11 Å². The van der Waals surface area contributed by atoms with Crippen LogP contribution in [-0.2, 0) is 12.0 Å². The molecule has 0 atom stereocenters. The SMILES string of the molecule is CC(C)(C)c1cc(C(=O)O)n(CC2CC2)n1. The Hall–Kier alpha value is -1.32. The van der Waals surface area contributed by atoms with E-state index in [1.165, 1.54) is 12.8 Å². The summed E-state index contributed by atoms with van der Waals surface area (Å²) in [7, 11) is 0. The lowest BCUT2D eigenvalue weighted by Crippen LogP contribution is -2.14. The van der Waals surface area contributed by atoms with Crippen molar-refractivity contribution in [2.24, 2.45) is 5.92 Å². The zero-order valence-corrected chi connectivity index (χ0v) is 10.0. The zero-order chi connectivity index (χ0) is 11.9. The van der Waals surface area contributed by atoms with Gasteiger partial charge in [-0.2, -0.15) is 5.10 Å². The van der Waals surface area contributed by atoms with Crippen molar-refractivity contribution in [3.63, 3.8) is 0 Å². The molecule has 1 aliphatic rings. The number of hydrogen-bond acceptors (Lipinski definition) is 2. The molecule has 0 spiro atoms. The van der Waals surface area contributed by atoms with E-state index in [9.17, 15) is 4.79 Å². The van der Waals surface area contributed by atoms with Crippen LogP contribution in [0.5, 0.6) is 0 Å². The van der Waals surface area contributed by atoms with Crippen LogP contribution in [0.25, 0.3) is 0 Å². The second kappa shape index (κ2) is 3.61. The van der Waals surface area contributed by atoms with Gasteiger partial charge in [-0.25, -0.2) is 4.79 Å². The molecule has 0 aromatic carbocycles. The highest BCUT2D eigenvalue weighted by molar-refractivity contribution is 5.85. The summed E-state index contributed by atoms with van der Waals surface area (Å²) in [6.07, 6.45) is 2.40. The standard InChI is InChI=1S/C12H18N2O2/c1-12(2,3)10-6-9(11(15)16)14(13-10)7-8-4-5-8/h6,8H,4-5,7H2,1-3H3,(H,15,16). The molecule has 0 aliphatic heterocycles. The summed E-state index contributed by atoms with van der Waals surface area (Å²) in [6, 6.07) is 1.70. The van der Waals surface area contributed by atoms with Gasteiger partial charge in [-0.05, 0) is 24.8 Å². The van der Waals surface area contributed by atoms with Crippen LogP contribution in [-0.4, -0.2) is 20.9 Å². The van der Waals surface area contributed by atoms with Crippen molar-refractivity contribution in [3.05, 3.63) is 17.5 Å². The average molecular weight is 222 g/mol. The molecule has 1 aliphatic carbocycles. The molecular formula is C12H18N2O2. The van der Waals surface area contributed by atoms with Crippen LogP contribution in [0, 0.1) is 5.92 Å². The predicted molar refractivity (Wildman–Crippen MR) is 60.6 cm³/mol. The van der Waals surface area contributed by atoms with Gasteiger partial charge in [-0.1, -0.05) is 20.8 Å². The van der Waals surface area contributed by atoms with Gasteiger partial charge < -0.3 is 5.11 Å². The number of aromatic carboxylic acids is 1. The van der Waals surface area contributed by atoms with Gasteiger partial charge >= 0.3 is 5.97 Å². The van der Waals surface area contributed by atoms with Crippen molar-refractivity contribution in [1.29, 1.82) is 0 Å². The smallest absolute Gasteiger partial charge is 0.354 e. The number of carbonyl (C=O) groups is 1. The van der Waals surface area contributed by atoms with Gasteiger partial charge in [0.15, 0.2) is 0 Å². The van der Waals surface area contributed by atoms with Gasteiger partial charge in [-0.3, -0.25) is 4.68 Å². The van der Waals surface area contributed by atoms with Gasteiger partial charge in [-0.15, -0.1) is 0 Å². The molecule has 0 saturated heterocycles. The van der Waals surface area contributed by atoms with Crippen molar-refractivity contribution in [3.8, 4) is 0 Å². The van der Waals surface area contributed by atoms with Crippen LogP contribution in [0.15, 0.2) is 6.07 Å². The maximum atomic E-state index is 11.1. The number of rotatable bonds is 3. The largest absolute Gasteiger partial charge is 0.477 e. The van der Waals surface area contributed by atoms with Gasteiger partial charge in [0.25, 0.3) is 0 Å². The second-order valence-electron chi connectivity index (χ2n) is 5.60. The fourth-order valence-electron chi connectivity index (χ4n) is 1.64. The molecule has 0 unspecified atom stereocenters. The molecule has 0 radical (unpaired) electrons. The third-order valence-corrected chi connectivity index (χ3v) is 2.90. The molecule has 1 aromatic rings. The minimum Gasteiger partial charge on any atom is -0.477 e. The Morgan fingerprint density at radius 2 is 2.19 bits per heavy atom. The van der Waals surface area contributed by atoms with Crippen molar-refractivity contribution >= 4 is 5.97 Å². The lowest BCUT2D eigenvalue weighted by Gasteiger charge is -2.14. The minimum atomic E-state index is -0.886. The van der Waals surface area contributed by atoms with Crippen LogP contribution < -0.4 is 0 Å². The lowest BCUT2D eigenvalue weighted by atomic mass is 9.92. The Balaban J connectivity index is 2.32. The molecule has 1 heterocycles. The van der Waals surface area contributed by atoms with E-state index in [0.717, 1.165) is 12.2 Å². The highest BCUT2D eigenvalue weighted by Gasteiger charge is 2.27. The molecule has 1 N–H and O–H groups in total. The highest BCUT2D eigenvalue weighted by atomic mass is 16.4. The Bertz CT molecular complexity index is 411. The van der Waals surface area contributed by atoms with E-state index in [-0.39, 0.29) is 5.41 Å². The summed E-state index contributed by atoms with van der Waals surface area (Å²) in [5.41, 5.74) is 1.07. The first-order chi connectivity index (χ1) is 7.38. The molecule has 0 bridgehead atoms. The fourth-order valence-corrected chi connectivity index (χ4v) is 1.64. The number of hydrogen-bond donors (Lipinski definition) is 1. The monoisotopic (exact) mass is 222 g/mol. The van der Waals surface area contributed by atoms with Crippen molar-refractivity contribution < 1.29 is 9.90 Å². The zero-order valence-electron chi connectivity index (χ0n) is 10.0. The van der Waals surface area contributed by atoms with Crippen molar-refractivity contribution in [1.82, 2.24) is 9.78 Å². The van der Waals surface area contributed by atoms with Gasteiger partial charge in [0.2, 0.25) is 0 Å². The van der Waals surface area contributed by atoms with E-state index < -0.39 is 5.97 Å². The topological polar surface area (TPSA) is 55.1 Å². The molecule has 4 nitrogen and oxygen atoms in total. The van der Waals surface area contributed by atoms with Crippen LogP contribution >= 0.6 is 0 Å². The molecule has 16 heavy (non-hydrogen) atoms. The first kappa shape index (κ1) is 11.2. The van der Waals surface area contributed by atoms with Crippen molar-refractivity contribution in [2.45, 2.75) is 45.6 Å². The summed E-state index contributed by atoms with van der Waals surface area (Å²) in [5, 5.41) is 13.5. The average Bonchev–Trinajstić information content (AvgIpc) is 2.80. The van der Waals surface area contributed by atoms with Crippen LogP contribution in [0.4, 0.5) is 0 Å². The first-order valence-electron chi connectivity index (χ1n) is 5.69. The van der Waals surface area contributed by atoms with Crippen LogP contribution in [0.2, 0.25) is 0 Å². The normalized spacial score (nSPS) is 16.4. The summed E-state index contributed by atoms with van der Waals surface area (Å²) in [5.74, 6) is -0.255. The van der Waals surface area contributed by atoms with E-state index >= 15 is 0 Å². The van der Waals surface area contributed by atoms with Gasteiger partial charge in [0.1, 0.15) is 5.69 Å². The van der Waals surface area contributed by atoms with Gasteiger partial charge in [0, 0.05) is 12.0 Å². The van der Waals surface area contributed by atoms with Crippen LogP contribution in [0.3, 0.4) is 0 Å². The maximum Gasteiger partial charge on any atom is 0.354 e. The van der Waals surface area contributed by atoms with Gasteiger partial charge in [0.05, 0.1) is 5.69 Å². The fraction of sp³-hybridized carbons (Fsp3) is 0.667. The van der Waals surface area contributed by atoms with E-state index in [1.54, 1.807) is 10.7 Å². The summed E-state index contributed by atoms with van der Waals surface area (Å²) < 4.78 is 1.65. The highest BCUT2D eigenvalue weighted by Crippen LogP contribution is 2.31. The number of carboxylic acid groups (broad SMARTS) is 1. The van der Waals surface area contributed by atoms with E-state index in [0.29, 0.717) is 11.6 Å². The summed E-state index contributed by atoms with van der Waals surface area (Å²) in [6.45, 7) is 6.88. The van der Waals surface area contributed by atoms with E-state index in [2.05, 4.69) is 5.10 Å². The minimum absolute atomic E-state index is 0.0982. The molecule has 88 valence electrons. The summed E-state index contributed by atoms with van der Waals surface area (Å²) >= 11 is 0. The lowest BCUT2D eigenvalue weighted by molar-refractivity contribution is 0.0682. The Labute approximate surface area is 95.3 Å². The first-order valence-corrected chi connectivity index (χ1v) is 5.69. The second-order valence-corrected chi connectivity index (χ2v) is 5.60.